The lowest BCUT2D eigenvalue weighted by molar-refractivity contribution is 0.0500. The summed E-state index contributed by atoms with van der Waals surface area (Å²) in [6, 6.07) is 11.1. The second-order valence-electron chi connectivity index (χ2n) is 9.14. The number of oxazole rings is 1. The maximum atomic E-state index is 12.7. The molecule has 3 aromatic rings. The number of carbonyl (C=O) groups excluding carboxylic acids is 1. The summed E-state index contributed by atoms with van der Waals surface area (Å²) in [6.07, 6.45) is 2.86. The molecule has 1 saturated heterocycles. The number of alkyl carbamates (subject to hydrolysis) is 1. The minimum Gasteiger partial charge on any atom is -0.444 e. The van der Waals surface area contributed by atoms with Crippen LogP contribution in [0, 0.1) is 11.3 Å². The fourth-order valence-electron chi connectivity index (χ4n) is 4.11. The summed E-state index contributed by atoms with van der Waals surface area (Å²) < 4.78 is 12.3. The zero-order valence-electron chi connectivity index (χ0n) is 19.0. The molecule has 1 fully saturated rings. The van der Waals surface area contributed by atoms with Crippen LogP contribution < -0.4 is 16.0 Å². The minimum absolute atomic E-state index is 0.0943. The monoisotopic (exact) mass is 449 g/mol. The van der Waals surface area contributed by atoms with Gasteiger partial charge in [0, 0.05) is 25.3 Å². The zero-order valence-corrected chi connectivity index (χ0v) is 19.0. The predicted molar refractivity (Wildman–Crippen MR) is 123 cm³/mol. The number of aromatic nitrogens is 2. The van der Waals surface area contributed by atoms with E-state index in [9.17, 15) is 14.9 Å². The number of nitrogens with zero attached hydrogens (tertiary/aromatic N) is 4. The van der Waals surface area contributed by atoms with Gasteiger partial charge in [0.05, 0.1) is 23.9 Å². The average Bonchev–Trinajstić information content (AvgIpc) is 3.08. The van der Waals surface area contributed by atoms with Crippen molar-refractivity contribution in [3.8, 4) is 6.07 Å². The van der Waals surface area contributed by atoms with E-state index in [2.05, 4.69) is 21.3 Å². The molecule has 0 spiro atoms. The third kappa shape index (κ3) is 5.00. The van der Waals surface area contributed by atoms with Crippen molar-refractivity contribution in [2.24, 2.45) is 0 Å². The molecule has 0 saturated carbocycles. The Hall–Kier alpha value is -3.80. The second-order valence-corrected chi connectivity index (χ2v) is 9.14. The molecule has 9 heteroatoms. The first kappa shape index (κ1) is 22.4. The summed E-state index contributed by atoms with van der Waals surface area (Å²) in [5, 5.41) is 12.4. The first-order valence-electron chi connectivity index (χ1n) is 11.0. The van der Waals surface area contributed by atoms with Crippen molar-refractivity contribution in [3.05, 3.63) is 58.2 Å². The number of benzene rings is 1. The summed E-state index contributed by atoms with van der Waals surface area (Å²) >= 11 is 0. The van der Waals surface area contributed by atoms with Gasteiger partial charge in [0.25, 0.3) is 5.71 Å². The zero-order chi connectivity index (χ0) is 23.6. The van der Waals surface area contributed by atoms with Gasteiger partial charge in [-0.05, 0) is 51.3 Å². The standard InChI is InChI=1S/C24H27N5O4/c1-24(2,3)33-22(30)27-18-9-6-12-28(15-18)19-10-11-26-21-20(19)29(23(31)32-21)14-17-8-5-4-7-16(17)13-25/h4-5,7-8,10-11,18H,6,9,12,14-15H2,1-3H3,(H,27,30)/t18-/m1/s1. The molecule has 172 valence electrons. The number of pyridine rings is 1. The lowest BCUT2D eigenvalue weighted by Gasteiger charge is -2.35. The van der Waals surface area contributed by atoms with Crippen LogP contribution in [0.25, 0.3) is 11.2 Å². The van der Waals surface area contributed by atoms with Crippen LogP contribution in [0.2, 0.25) is 0 Å². The number of anilines is 1. The Labute approximate surface area is 191 Å². The van der Waals surface area contributed by atoms with Gasteiger partial charge in [0.15, 0.2) is 0 Å². The van der Waals surface area contributed by atoms with E-state index in [1.54, 1.807) is 18.3 Å². The van der Waals surface area contributed by atoms with Gasteiger partial charge in [-0.2, -0.15) is 5.26 Å². The summed E-state index contributed by atoms with van der Waals surface area (Å²) in [6.45, 7) is 7.01. The third-order valence-corrected chi connectivity index (χ3v) is 5.49. The van der Waals surface area contributed by atoms with E-state index in [-0.39, 0.29) is 18.3 Å². The normalized spacial score (nSPS) is 16.4. The molecular weight excluding hydrogens is 422 g/mol. The quantitative estimate of drug-likeness (QED) is 0.649. The number of piperidine rings is 1. The molecule has 1 atom stereocenters. The summed E-state index contributed by atoms with van der Waals surface area (Å²) in [7, 11) is 0. The van der Waals surface area contributed by atoms with Crippen molar-refractivity contribution in [2.45, 2.75) is 51.8 Å². The topological polar surface area (TPSA) is 113 Å². The van der Waals surface area contributed by atoms with Crippen LogP contribution in [0.4, 0.5) is 10.5 Å². The Bertz CT molecular complexity index is 1260. The summed E-state index contributed by atoms with van der Waals surface area (Å²) in [5.74, 6) is -0.530. The SMILES string of the molecule is CC(C)(C)OC(=O)N[C@@H]1CCCN(c2ccnc3oc(=O)n(Cc4ccccc4C#N)c23)C1. The van der Waals surface area contributed by atoms with E-state index < -0.39 is 17.5 Å². The molecular formula is C24H27N5O4. The molecule has 0 aliphatic carbocycles. The van der Waals surface area contributed by atoms with Crippen LogP contribution in [0.5, 0.6) is 0 Å². The third-order valence-electron chi connectivity index (χ3n) is 5.49. The van der Waals surface area contributed by atoms with Crippen molar-refractivity contribution in [1.29, 1.82) is 5.26 Å². The van der Waals surface area contributed by atoms with Crippen LogP contribution in [-0.4, -0.2) is 40.4 Å². The van der Waals surface area contributed by atoms with E-state index in [0.717, 1.165) is 30.6 Å². The van der Waals surface area contributed by atoms with Crippen LogP contribution in [0.15, 0.2) is 45.7 Å². The number of ether oxygens (including phenoxy) is 1. The van der Waals surface area contributed by atoms with Crippen LogP contribution in [0.1, 0.15) is 44.7 Å². The highest BCUT2D eigenvalue weighted by molar-refractivity contribution is 5.85. The van der Waals surface area contributed by atoms with E-state index in [4.69, 9.17) is 9.15 Å². The van der Waals surface area contributed by atoms with Crippen LogP contribution in [0.3, 0.4) is 0 Å². The maximum absolute atomic E-state index is 12.7. The fourth-order valence-corrected chi connectivity index (χ4v) is 4.11. The molecule has 4 rings (SSSR count). The highest BCUT2D eigenvalue weighted by Crippen LogP contribution is 2.28. The lowest BCUT2D eigenvalue weighted by Crippen LogP contribution is -2.49. The summed E-state index contributed by atoms with van der Waals surface area (Å²) in [5.41, 5.74) is 2.28. The number of hydrogen-bond donors (Lipinski definition) is 1. The van der Waals surface area contributed by atoms with E-state index in [1.165, 1.54) is 4.57 Å². The number of nitrogens with one attached hydrogen (secondary N) is 1. The fraction of sp³-hybridized carbons (Fsp3) is 0.417. The first-order valence-corrected chi connectivity index (χ1v) is 11.0. The van der Waals surface area contributed by atoms with Gasteiger partial charge in [-0.25, -0.2) is 14.6 Å². The minimum atomic E-state index is -0.567. The first-order chi connectivity index (χ1) is 15.7. The number of carbonyl (C=O) groups is 1. The number of rotatable bonds is 4. The Morgan fingerprint density at radius 1 is 1.33 bits per heavy atom. The number of amides is 1. The molecule has 1 aliphatic heterocycles. The van der Waals surface area contributed by atoms with Crippen molar-refractivity contribution in [2.75, 3.05) is 18.0 Å². The molecule has 1 aromatic carbocycles. The largest absolute Gasteiger partial charge is 0.444 e. The van der Waals surface area contributed by atoms with Gasteiger partial charge in [-0.15, -0.1) is 0 Å². The van der Waals surface area contributed by atoms with Gasteiger partial charge < -0.3 is 19.4 Å². The molecule has 2 aromatic heterocycles. The smallest absolute Gasteiger partial charge is 0.421 e. The molecule has 1 N–H and O–H groups in total. The summed E-state index contributed by atoms with van der Waals surface area (Å²) in [4.78, 5) is 31.3. The number of nitriles is 1. The highest BCUT2D eigenvalue weighted by Gasteiger charge is 2.27. The second kappa shape index (κ2) is 8.98. The Kier molecular flexibility index (Phi) is 6.09. The lowest BCUT2D eigenvalue weighted by atomic mass is 10.0. The molecule has 0 radical (unpaired) electrons. The Balaban J connectivity index is 1.64. The van der Waals surface area contributed by atoms with E-state index >= 15 is 0 Å². The van der Waals surface area contributed by atoms with Crippen molar-refractivity contribution < 1.29 is 13.9 Å². The van der Waals surface area contributed by atoms with Crippen molar-refractivity contribution >= 4 is 23.0 Å². The predicted octanol–water partition coefficient (Wildman–Crippen LogP) is 3.40. The van der Waals surface area contributed by atoms with Gasteiger partial charge in [-0.1, -0.05) is 18.2 Å². The molecule has 33 heavy (non-hydrogen) atoms. The van der Waals surface area contributed by atoms with Gasteiger partial charge >= 0.3 is 11.8 Å². The molecule has 1 aliphatic rings. The maximum Gasteiger partial charge on any atom is 0.421 e. The highest BCUT2D eigenvalue weighted by atomic mass is 16.6. The van der Waals surface area contributed by atoms with Crippen LogP contribution >= 0.6 is 0 Å². The molecule has 0 unspecified atom stereocenters. The Morgan fingerprint density at radius 2 is 2.12 bits per heavy atom. The Morgan fingerprint density at radius 3 is 2.88 bits per heavy atom. The molecule has 1 amide bonds. The van der Waals surface area contributed by atoms with Crippen LogP contribution in [-0.2, 0) is 11.3 Å². The number of fused-ring (bicyclic) bond motifs is 1. The van der Waals surface area contributed by atoms with E-state index in [0.29, 0.717) is 17.6 Å². The van der Waals surface area contributed by atoms with Crippen molar-refractivity contribution in [3.63, 3.8) is 0 Å². The van der Waals surface area contributed by atoms with Crippen molar-refractivity contribution in [1.82, 2.24) is 14.9 Å². The molecule has 3 heterocycles. The molecule has 9 nitrogen and oxygen atoms in total. The van der Waals surface area contributed by atoms with Gasteiger partial charge in [0.2, 0.25) is 0 Å². The van der Waals surface area contributed by atoms with E-state index in [1.807, 2.05) is 39.0 Å². The van der Waals surface area contributed by atoms with Gasteiger partial charge in [-0.3, -0.25) is 4.57 Å². The number of hydrogen-bond acceptors (Lipinski definition) is 7. The van der Waals surface area contributed by atoms with Gasteiger partial charge in [0.1, 0.15) is 11.1 Å². The average molecular weight is 450 g/mol. The molecule has 0 bridgehead atoms.